The van der Waals surface area contributed by atoms with Crippen molar-refractivity contribution in [2.24, 2.45) is 0 Å². The van der Waals surface area contributed by atoms with E-state index in [2.05, 4.69) is 5.92 Å². The van der Waals surface area contributed by atoms with Crippen LogP contribution in [0.3, 0.4) is 0 Å². The quantitative estimate of drug-likeness (QED) is 0.350. The van der Waals surface area contributed by atoms with Crippen molar-refractivity contribution >= 4 is 35.3 Å². The van der Waals surface area contributed by atoms with Crippen LogP contribution in [0.1, 0.15) is 5.56 Å². The smallest absolute Gasteiger partial charge is 0.343 e. The molecule has 4 amide bonds. The van der Waals surface area contributed by atoms with Gasteiger partial charge >= 0.3 is 6.03 Å². The van der Waals surface area contributed by atoms with E-state index in [0.29, 0.717) is 22.7 Å². The lowest BCUT2D eigenvalue weighted by atomic mass is 10.0. The molecule has 4 rings (SSSR count). The van der Waals surface area contributed by atoms with Gasteiger partial charge in [0.2, 0.25) is 0 Å². The van der Waals surface area contributed by atoms with Gasteiger partial charge in [-0.3, -0.25) is 9.59 Å². The van der Waals surface area contributed by atoms with E-state index in [1.807, 2.05) is 0 Å². The summed E-state index contributed by atoms with van der Waals surface area (Å²) >= 11 is 0. The maximum atomic E-state index is 13.3. The molecule has 6 nitrogen and oxygen atoms in total. The molecule has 32 heavy (non-hydrogen) atoms. The lowest BCUT2D eigenvalue weighted by molar-refractivity contribution is -0.121. The molecular weight excluding hydrogens is 404 g/mol. The minimum absolute atomic E-state index is 0.130. The standard InChI is InChI=1S/C26H18N2O4/c1-2-17-32-22-15-13-19(14-16-22)18-23-24(29)27(20-9-5-3-6-10-20)26(31)28(25(23)30)21-11-7-4-8-12-21/h1,3-16,18H,17H2. The highest BCUT2D eigenvalue weighted by Gasteiger charge is 2.43. The van der Waals surface area contributed by atoms with Crippen molar-refractivity contribution in [1.82, 2.24) is 0 Å². The number of ether oxygens (including phenoxy) is 1. The summed E-state index contributed by atoms with van der Waals surface area (Å²) in [7, 11) is 0. The number of carbonyl (C=O) groups is 3. The largest absolute Gasteiger partial charge is 0.481 e. The van der Waals surface area contributed by atoms with Crippen molar-refractivity contribution in [3.63, 3.8) is 0 Å². The third-order valence-electron chi connectivity index (χ3n) is 4.79. The van der Waals surface area contributed by atoms with Crippen molar-refractivity contribution < 1.29 is 19.1 Å². The summed E-state index contributed by atoms with van der Waals surface area (Å²) in [5, 5.41) is 0. The minimum atomic E-state index is -0.729. The Morgan fingerprint density at radius 1 is 0.750 bits per heavy atom. The van der Waals surface area contributed by atoms with Gasteiger partial charge in [0.1, 0.15) is 17.9 Å². The van der Waals surface area contributed by atoms with Gasteiger partial charge in [0.15, 0.2) is 0 Å². The number of para-hydroxylation sites is 2. The predicted octanol–water partition coefficient (Wildman–Crippen LogP) is 4.28. The summed E-state index contributed by atoms with van der Waals surface area (Å²) in [5.74, 6) is 1.58. The van der Waals surface area contributed by atoms with Crippen molar-refractivity contribution in [1.29, 1.82) is 0 Å². The van der Waals surface area contributed by atoms with Crippen LogP contribution >= 0.6 is 0 Å². The zero-order valence-corrected chi connectivity index (χ0v) is 17.0. The number of nitrogens with zero attached hydrogens (tertiary/aromatic N) is 2. The highest BCUT2D eigenvalue weighted by molar-refractivity contribution is 6.46. The zero-order valence-electron chi connectivity index (χ0n) is 17.0. The van der Waals surface area contributed by atoms with Gasteiger partial charge in [0.25, 0.3) is 11.8 Å². The first-order valence-corrected chi connectivity index (χ1v) is 9.81. The van der Waals surface area contributed by atoms with E-state index in [1.165, 1.54) is 6.08 Å². The molecule has 0 saturated carbocycles. The van der Waals surface area contributed by atoms with Gasteiger partial charge in [-0.2, -0.15) is 0 Å². The lowest BCUT2D eigenvalue weighted by Gasteiger charge is -2.33. The molecule has 0 radical (unpaired) electrons. The molecule has 1 saturated heterocycles. The molecule has 156 valence electrons. The van der Waals surface area contributed by atoms with Gasteiger partial charge < -0.3 is 4.74 Å². The van der Waals surface area contributed by atoms with E-state index < -0.39 is 17.8 Å². The summed E-state index contributed by atoms with van der Waals surface area (Å²) in [4.78, 5) is 41.8. The summed E-state index contributed by atoms with van der Waals surface area (Å²) in [6.45, 7) is 0.136. The normalized spacial score (nSPS) is 13.7. The second-order valence-electron chi connectivity index (χ2n) is 6.85. The number of barbiturate groups is 1. The topological polar surface area (TPSA) is 66.9 Å². The van der Waals surface area contributed by atoms with Gasteiger partial charge in [-0.05, 0) is 48.0 Å². The zero-order chi connectivity index (χ0) is 22.5. The number of anilines is 2. The van der Waals surface area contributed by atoms with Gasteiger partial charge in [-0.25, -0.2) is 14.6 Å². The highest BCUT2D eigenvalue weighted by atomic mass is 16.5. The van der Waals surface area contributed by atoms with E-state index in [4.69, 9.17) is 11.2 Å². The third-order valence-corrected chi connectivity index (χ3v) is 4.79. The van der Waals surface area contributed by atoms with Crippen LogP contribution in [-0.4, -0.2) is 24.5 Å². The molecule has 0 aromatic heterocycles. The monoisotopic (exact) mass is 422 g/mol. The second kappa shape index (κ2) is 9.02. The molecule has 6 heteroatoms. The maximum Gasteiger partial charge on any atom is 0.343 e. The molecule has 1 aliphatic heterocycles. The van der Waals surface area contributed by atoms with Gasteiger partial charge in [0.05, 0.1) is 11.4 Å². The molecule has 0 atom stereocenters. The molecular formula is C26H18N2O4. The van der Waals surface area contributed by atoms with Gasteiger partial charge in [-0.1, -0.05) is 54.5 Å². The Labute approximate surface area is 185 Å². The molecule has 0 spiro atoms. The SMILES string of the molecule is C#CCOc1ccc(C=C2C(=O)N(c3ccccc3)C(=O)N(c3ccccc3)C2=O)cc1. The van der Waals surface area contributed by atoms with Crippen LogP contribution in [0.15, 0.2) is 90.5 Å². The summed E-state index contributed by atoms with van der Waals surface area (Å²) in [6, 6.07) is 23.1. The Bertz CT molecular complexity index is 1160. The lowest BCUT2D eigenvalue weighted by Crippen LogP contribution is -2.57. The van der Waals surface area contributed by atoms with Crippen LogP contribution in [0.5, 0.6) is 5.75 Å². The highest BCUT2D eigenvalue weighted by Crippen LogP contribution is 2.29. The van der Waals surface area contributed by atoms with Crippen LogP contribution in [-0.2, 0) is 9.59 Å². The first-order valence-electron chi connectivity index (χ1n) is 9.81. The number of urea groups is 1. The average molecular weight is 422 g/mol. The fraction of sp³-hybridized carbons (Fsp3) is 0.0385. The molecule has 1 heterocycles. The Hall–Kier alpha value is -4.63. The molecule has 0 bridgehead atoms. The molecule has 0 aliphatic carbocycles. The molecule has 3 aromatic rings. The predicted molar refractivity (Wildman–Crippen MR) is 122 cm³/mol. The number of hydrogen-bond donors (Lipinski definition) is 0. The van der Waals surface area contributed by atoms with Gasteiger partial charge in [0, 0.05) is 0 Å². The molecule has 0 unspecified atom stereocenters. The van der Waals surface area contributed by atoms with E-state index in [9.17, 15) is 14.4 Å². The minimum Gasteiger partial charge on any atom is -0.481 e. The van der Waals surface area contributed by atoms with E-state index in [-0.39, 0.29) is 12.2 Å². The molecule has 3 aromatic carbocycles. The van der Waals surface area contributed by atoms with Crippen LogP contribution in [0.4, 0.5) is 16.2 Å². The van der Waals surface area contributed by atoms with Crippen molar-refractivity contribution in [2.75, 3.05) is 16.4 Å². The molecule has 0 N–H and O–H groups in total. The number of terminal acetylenes is 1. The van der Waals surface area contributed by atoms with Crippen LogP contribution in [0, 0.1) is 12.3 Å². The van der Waals surface area contributed by atoms with E-state index in [1.54, 1.807) is 84.9 Å². The summed E-state index contributed by atoms with van der Waals surface area (Å²) in [5.41, 5.74) is 1.22. The van der Waals surface area contributed by atoms with Crippen molar-refractivity contribution in [2.45, 2.75) is 0 Å². The van der Waals surface area contributed by atoms with Gasteiger partial charge in [-0.15, -0.1) is 6.42 Å². The summed E-state index contributed by atoms with van der Waals surface area (Å²) < 4.78 is 5.35. The maximum absolute atomic E-state index is 13.3. The fourth-order valence-electron chi connectivity index (χ4n) is 3.29. The van der Waals surface area contributed by atoms with Crippen LogP contribution < -0.4 is 14.5 Å². The Balaban J connectivity index is 1.77. The number of amides is 4. The Morgan fingerprint density at radius 2 is 1.25 bits per heavy atom. The van der Waals surface area contributed by atoms with Crippen LogP contribution in [0.2, 0.25) is 0 Å². The number of hydrogen-bond acceptors (Lipinski definition) is 4. The Morgan fingerprint density at radius 3 is 1.72 bits per heavy atom. The summed E-state index contributed by atoms with van der Waals surface area (Å²) in [6.07, 6.45) is 6.66. The Kier molecular flexibility index (Phi) is 5.82. The number of rotatable bonds is 5. The van der Waals surface area contributed by atoms with E-state index in [0.717, 1.165) is 9.80 Å². The van der Waals surface area contributed by atoms with Crippen molar-refractivity contribution in [3.8, 4) is 18.1 Å². The average Bonchev–Trinajstić information content (AvgIpc) is 2.83. The number of imide groups is 2. The fourth-order valence-corrected chi connectivity index (χ4v) is 3.29. The first-order chi connectivity index (χ1) is 15.6. The van der Waals surface area contributed by atoms with E-state index >= 15 is 0 Å². The van der Waals surface area contributed by atoms with Crippen LogP contribution in [0.25, 0.3) is 6.08 Å². The number of carbonyl (C=O) groups excluding carboxylic acids is 3. The third kappa shape index (κ3) is 4.00. The molecule has 1 aliphatic rings. The van der Waals surface area contributed by atoms with Crippen molar-refractivity contribution in [3.05, 3.63) is 96.1 Å². The first kappa shape index (κ1) is 20.6. The second-order valence-corrected chi connectivity index (χ2v) is 6.85. The number of benzene rings is 3. The molecule has 1 fully saturated rings.